The molecular weight excluding hydrogens is 286 g/mol. The highest BCUT2D eigenvalue weighted by atomic mass is 32.1. The van der Waals surface area contributed by atoms with E-state index in [-0.39, 0.29) is 0 Å². The van der Waals surface area contributed by atoms with Crippen molar-refractivity contribution in [1.29, 1.82) is 0 Å². The number of methoxy groups -OCH3 is 1. The Labute approximate surface area is 131 Å². The number of quaternary nitrogens is 1. The SMILES string of the molecule is COc1ccc(CNC(=S)NCC[NH+]2CCOCC2)cc1. The van der Waals surface area contributed by atoms with Crippen molar-refractivity contribution in [3.05, 3.63) is 29.8 Å². The molecule has 2 rings (SSSR count). The fraction of sp³-hybridized carbons (Fsp3) is 0.533. The maximum Gasteiger partial charge on any atom is 0.166 e. The summed E-state index contributed by atoms with van der Waals surface area (Å²) >= 11 is 5.29. The second kappa shape index (κ2) is 8.81. The van der Waals surface area contributed by atoms with E-state index in [1.165, 1.54) is 5.56 Å². The number of thiocarbonyl (C=S) groups is 1. The van der Waals surface area contributed by atoms with Crippen LogP contribution in [0.15, 0.2) is 24.3 Å². The van der Waals surface area contributed by atoms with Crippen molar-refractivity contribution in [2.24, 2.45) is 0 Å². The van der Waals surface area contributed by atoms with Crippen molar-refractivity contribution in [1.82, 2.24) is 10.6 Å². The van der Waals surface area contributed by atoms with Crippen molar-refractivity contribution in [2.75, 3.05) is 46.5 Å². The summed E-state index contributed by atoms with van der Waals surface area (Å²) in [4.78, 5) is 1.58. The standard InChI is InChI=1S/C15H23N3O2S/c1-19-14-4-2-13(3-5-14)12-17-15(21)16-6-7-18-8-10-20-11-9-18/h2-5H,6-12H2,1H3,(H2,16,17,21)/p+1. The lowest BCUT2D eigenvalue weighted by molar-refractivity contribution is -0.906. The number of hydrogen-bond donors (Lipinski definition) is 3. The van der Waals surface area contributed by atoms with Gasteiger partial charge in [0, 0.05) is 6.54 Å². The Balaban J connectivity index is 1.60. The molecule has 3 N–H and O–H groups in total. The molecule has 1 aliphatic rings. The zero-order valence-corrected chi connectivity index (χ0v) is 13.3. The summed E-state index contributed by atoms with van der Waals surface area (Å²) in [5.41, 5.74) is 1.18. The number of ether oxygens (including phenoxy) is 2. The molecule has 1 saturated heterocycles. The van der Waals surface area contributed by atoms with E-state index >= 15 is 0 Å². The molecule has 0 aromatic heterocycles. The predicted molar refractivity (Wildman–Crippen MR) is 86.8 cm³/mol. The first-order chi connectivity index (χ1) is 10.3. The molecule has 0 saturated carbocycles. The van der Waals surface area contributed by atoms with Crippen LogP contribution in [0.25, 0.3) is 0 Å². The molecule has 0 unspecified atom stereocenters. The quantitative estimate of drug-likeness (QED) is 0.623. The molecule has 1 aromatic carbocycles. The summed E-state index contributed by atoms with van der Waals surface area (Å²) in [6.07, 6.45) is 0. The zero-order chi connectivity index (χ0) is 14.9. The van der Waals surface area contributed by atoms with Gasteiger partial charge >= 0.3 is 0 Å². The number of nitrogens with one attached hydrogen (secondary N) is 3. The van der Waals surface area contributed by atoms with E-state index in [0.29, 0.717) is 5.11 Å². The van der Waals surface area contributed by atoms with E-state index in [4.69, 9.17) is 21.7 Å². The first-order valence-electron chi connectivity index (χ1n) is 7.34. The number of rotatable bonds is 6. The summed E-state index contributed by atoms with van der Waals surface area (Å²) < 4.78 is 10.5. The lowest BCUT2D eigenvalue weighted by Crippen LogP contribution is -3.14. The molecule has 0 aliphatic carbocycles. The smallest absolute Gasteiger partial charge is 0.166 e. The van der Waals surface area contributed by atoms with Crippen LogP contribution >= 0.6 is 12.2 Å². The third-order valence-corrected chi connectivity index (χ3v) is 3.86. The Morgan fingerprint density at radius 1 is 1.24 bits per heavy atom. The fourth-order valence-electron chi connectivity index (χ4n) is 2.25. The maximum absolute atomic E-state index is 5.34. The van der Waals surface area contributed by atoms with Gasteiger partial charge in [-0.15, -0.1) is 0 Å². The van der Waals surface area contributed by atoms with Crippen molar-refractivity contribution in [3.8, 4) is 5.75 Å². The highest BCUT2D eigenvalue weighted by Gasteiger charge is 2.12. The molecule has 0 spiro atoms. The molecule has 1 heterocycles. The molecule has 0 radical (unpaired) electrons. The third kappa shape index (κ3) is 5.87. The minimum atomic E-state index is 0.707. The molecule has 0 amide bonds. The topological polar surface area (TPSA) is 47.0 Å². The van der Waals surface area contributed by atoms with Crippen LogP contribution in [0.2, 0.25) is 0 Å². The van der Waals surface area contributed by atoms with Gasteiger partial charge in [0.25, 0.3) is 0 Å². The second-order valence-electron chi connectivity index (χ2n) is 5.07. The van der Waals surface area contributed by atoms with Gasteiger partial charge in [-0.1, -0.05) is 12.1 Å². The summed E-state index contributed by atoms with van der Waals surface area (Å²) in [6.45, 7) is 6.62. The summed E-state index contributed by atoms with van der Waals surface area (Å²) in [5, 5.41) is 7.18. The average molecular weight is 310 g/mol. The number of benzene rings is 1. The molecule has 116 valence electrons. The molecule has 21 heavy (non-hydrogen) atoms. The Bertz CT molecular complexity index is 433. The van der Waals surface area contributed by atoms with Crippen molar-refractivity contribution < 1.29 is 14.4 Å². The van der Waals surface area contributed by atoms with Crippen molar-refractivity contribution >= 4 is 17.3 Å². The summed E-state index contributed by atoms with van der Waals surface area (Å²) in [5.74, 6) is 0.868. The van der Waals surface area contributed by atoms with Crippen molar-refractivity contribution in [3.63, 3.8) is 0 Å². The van der Waals surface area contributed by atoms with E-state index in [2.05, 4.69) is 10.6 Å². The highest BCUT2D eigenvalue weighted by Crippen LogP contribution is 2.10. The lowest BCUT2D eigenvalue weighted by atomic mass is 10.2. The van der Waals surface area contributed by atoms with Gasteiger partial charge in [-0.2, -0.15) is 0 Å². The van der Waals surface area contributed by atoms with E-state index in [1.807, 2.05) is 24.3 Å². The van der Waals surface area contributed by atoms with Gasteiger partial charge in [-0.05, 0) is 29.9 Å². The van der Waals surface area contributed by atoms with Gasteiger partial charge < -0.3 is 25.0 Å². The van der Waals surface area contributed by atoms with Gasteiger partial charge in [0.05, 0.1) is 33.4 Å². The zero-order valence-electron chi connectivity index (χ0n) is 12.5. The lowest BCUT2D eigenvalue weighted by Gasteiger charge is -2.24. The number of morpholine rings is 1. The van der Waals surface area contributed by atoms with Crippen LogP contribution in [0.4, 0.5) is 0 Å². The Morgan fingerprint density at radius 2 is 1.95 bits per heavy atom. The molecule has 5 nitrogen and oxygen atoms in total. The largest absolute Gasteiger partial charge is 0.497 e. The van der Waals surface area contributed by atoms with Gasteiger partial charge in [0.2, 0.25) is 0 Å². The predicted octanol–water partition coefficient (Wildman–Crippen LogP) is -0.426. The Morgan fingerprint density at radius 3 is 2.62 bits per heavy atom. The van der Waals surface area contributed by atoms with Crippen LogP contribution in [0.1, 0.15) is 5.56 Å². The minimum Gasteiger partial charge on any atom is -0.497 e. The third-order valence-electron chi connectivity index (χ3n) is 3.58. The summed E-state index contributed by atoms with van der Waals surface area (Å²) in [7, 11) is 1.67. The first-order valence-corrected chi connectivity index (χ1v) is 7.74. The van der Waals surface area contributed by atoms with Crippen LogP contribution in [0, 0.1) is 0 Å². The van der Waals surface area contributed by atoms with Crippen LogP contribution in [0.3, 0.4) is 0 Å². The number of hydrogen-bond acceptors (Lipinski definition) is 3. The minimum absolute atomic E-state index is 0.707. The molecular formula is C15H24N3O2S+. The first kappa shape index (κ1) is 16.0. The molecule has 6 heteroatoms. The molecule has 1 fully saturated rings. The summed E-state index contributed by atoms with van der Waals surface area (Å²) in [6, 6.07) is 7.98. The van der Waals surface area contributed by atoms with Gasteiger partial charge in [-0.25, -0.2) is 0 Å². The molecule has 0 bridgehead atoms. The van der Waals surface area contributed by atoms with E-state index in [0.717, 1.165) is 51.7 Å². The monoisotopic (exact) mass is 310 g/mol. The Kier molecular flexibility index (Phi) is 6.72. The fourth-order valence-corrected chi connectivity index (χ4v) is 2.43. The molecule has 0 atom stereocenters. The van der Waals surface area contributed by atoms with Crippen LogP contribution in [-0.4, -0.2) is 51.6 Å². The highest BCUT2D eigenvalue weighted by molar-refractivity contribution is 7.80. The van der Waals surface area contributed by atoms with E-state index in [1.54, 1.807) is 12.0 Å². The van der Waals surface area contributed by atoms with E-state index < -0.39 is 0 Å². The van der Waals surface area contributed by atoms with Crippen LogP contribution in [-0.2, 0) is 11.3 Å². The van der Waals surface area contributed by atoms with Gasteiger partial charge in [0.1, 0.15) is 18.8 Å². The maximum atomic E-state index is 5.34. The normalized spacial score (nSPS) is 15.5. The van der Waals surface area contributed by atoms with Crippen LogP contribution < -0.4 is 20.3 Å². The van der Waals surface area contributed by atoms with Crippen molar-refractivity contribution in [2.45, 2.75) is 6.54 Å². The van der Waals surface area contributed by atoms with Gasteiger partial charge in [-0.3, -0.25) is 0 Å². The molecule has 1 aromatic rings. The van der Waals surface area contributed by atoms with E-state index in [9.17, 15) is 0 Å². The Hall–Kier alpha value is -1.37. The second-order valence-corrected chi connectivity index (χ2v) is 5.48. The van der Waals surface area contributed by atoms with Gasteiger partial charge in [0.15, 0.2) is 5.11 Å². The van der Waals surface area contributed by atoms with Crippen LogP contribution in [0.5, 0.6) is 5.75 Å². The average Bonchev–Trinajstić information content (AvgIpc) is 2.54. The molecule has 1 aliphatic heterocycles.